The number of nitrogens with zero attached hydrogens (tertiary/aromatic N) is 1. The van der Waals surface area contributed by atoms with Crippen molar-refractivity contribution < 1.29 is 9.90 Å². The number of nitrogens with one attached hydrogen (secondary N) is 3. The monoisotopic (exact) mass is 434 g/mol. The van der Waals surface area contributed by atoms with Crippen LogP contribution in [-0.4, -0.2) is 52.1 Å². The molecule has 6 nitrogen and oxygen atoms in total. The van der Waals surface area contributed by atoms with E-state index in [1.54, 1.807) is 0 Å². The van der Waals surface area contributed by atoms with Gasteiger partial charge in [-0.1, -0.05) is 31.6 Å². The van der Waals surface area contributed by atoms with E-state index in [0.717, 1.165) is 88.2 Å². The van der Waals surface area contributed by atoms with Crippen molar-refractivity contribution in [3.05, 3.63) is 57.4 Å². The van der Waals surface area contributed by atoms with Crippen LogP contribution in [0.2, 0.25) is 0 Å². The number of allylic oxidation sites excluding steroid dienone is 1. The normalized spacial score (nSPS) is 13.5. The second-order valence-electron chi connectivity index (χ2n) is 8.77. The smallest absolute Gasteiger partial charge is 0.253 e. The zero-order valence-corrected chi connectivity index (χ0v) is 19.8. The maximum Gasteiger partial charge on any atom is 0.253 e. The highest BCUT2D eigenvalue weighted by atomic mass is 16.3. The summed E-state index contributed by atoms with van der Waals surface area (Å²) in [5.74, 6) is 0.147. The molecule has 4 rings (SSSR count). The van der Waals surface area contributed by atoms with Crippen LogP contribution in [0.25, 0.3) is 16.5 Å². The molecule has 0 saturated heterocycles. The summed E-state index contributed by atoms with van der Waals surface area (Å²) >= 11 is 0. The Morgan fingerprint density at radius 2 is 1.91 bits per heavy atom. The van der Waals surface area contributed by atoms with Crippen LogP contribution in [-0.2, 0) is 6.42 Å². The molecule has 2 aromatic heterocycles. The zero-order chi connectivity index (χ0) is 23.0. The minimum atomic E-state index is -0.0248. The Kier molecular flexibility index (Phi) is 6.15. The number of benzene rings is 1. The molecule has 2 heterocycles. The maximum absolute atomic E-state index is 13.1. The van der Waals surface area contributed by atoms with Crippen LogP contribution < -0.4 is 5.32 Å². The number of aryl methyl sites for hydroxylation is 3. The van der Waals surface area contributed by atoms with Crippen LogP contribution in [0.3, 0.4) is 0 Å². The van der Waals surface area contributed by atoms with Crippen molar-refractivity contribution in [1.82, 2.24) is 20.2 Å². The van der Waals surface area contributed by atoms with Crippen LogP contribution in [0.4, 0.5) is 0 Å². The van der Waals surface area contributed by atoms with Crippen molar-refractivity contribution in [2.45, 2.75) is 47.5 Å². The van der Waals surface area contributed by atoms with E-state index in [9.17, 15) is 9.90 Å². The van der Waals surface area contributed by atoms with Gasteiger partial charge in [-0.25, -0.2) is 0 Å². The van der Waals surface area contributed by atoms with E-state index in [1.807, 2.05) is 6.92 Å². The van der Waals surface area contributed by atoms with Crippen molar-refractivity contribution >= 4 is 22.4 Å². The molecule has 0 fully saturated rings. The van der Waals surface area contributed by atoms with E-state index in [2.05, 4.69) is 66.1 Å². The summed E-state index contributed by atoms with van der Waals surface area (Å²) in [7, 11) is 0. The average molecular weight is 435 g/mol. The van der Waals surface area contributed by atoms with Crippen molar-refractivity contribution in [2.75, 3.05) is 26.2 Å². The lowest BCUT2D eigenvalue weighted by molar-refractivity contribution is 0.0947. The van der Waals surface area contributed by atoms with Crippen molar-refractivity contribution in [3.8, 4) is 5.88 Å². The SMILES string of the molecule is CCN(CC)CCNC(=O)c1c(C)[nH]c2c1CCC=C2c1c(O)[nH]c2c(C)cc(C)cc12. The number of aromatic nitrogens is 2. The number of rotatable bonds is 7. The van der Waals surface area contributed by atoms with Gasteiger partial charge in [0.05, 0.1) is 22.3 Å². The highest BCUT2D eigenvalue weighted by Gasteiger charge is 2.28. The molecule has 1 aromatic carbocycles. The van der Waals surface area contributed by atoms with Gasteiger partial charge < -0.3 is 25.3 Å². The van der Waals surface area contributed by atoms with Gasteiger partial charge in [0, 0.05) is 29.7 Å². The molecule has 170 valence electrons. The Morgan fingerprint density at radius 1 is 1.16 bits per heavy atom. The van der Waals surface area contributed by atoms with E-state index < -0.39 is 0 Å². The highest BCUT2D eigenvalue weighted by Crippen LogP contribution is 2.42. The number of hydrogen-bond donors (Lipinski definition) is 4. The Balaban J connectivity index is 1.69. The fourth-order valence-corrected chi connectivity index (χ4v) is 5.02. The molecule has 32 heavy (non-hydrogen) atoms. The first kappa shape index (κ1) is 22.2. The minimum Gasteiger partial charge on any atom is -0.494 e. The van der Waals surface area contributed by atoms with Gasteiger partial charge in [-0.2, -0.15) is 0 Å². The molecule has 1 amide bonds. The first-order chi connectivity index (χ1) is 15.3. The van der Waals surface area contributed by atoms with E-state index in [1.165, 1.54) is 0 Å². The van der Waals surface area contributed by atoms with Crippen LogP contribution in [0.5, 0.6) is 5.88 Å². The first-order valence-corrected chi connectivity index (χ1v) is 11.6. The quantitative estimate of drug-likeness (QED) is 0.439. The summed E-state index contributed by atoms with van der Waals surface area (Å²) in [5.41, 5.74) is 8.58. The van der Waals surface area contributed by atoms with Crippen molar-refractivity contribution in [2.24, 2.45) is 0 Å². The molecule has 1 aliphatic rings. The van der Waals surface area contributed by atoms with Gasteiger partial charge in [0.1, 0.15) is 0 Å². The van der Waals surface area contributed by atoms with E-state index >= 15 is 0 Å². The minimum absolute atomic E-state index is 0.0248. The highest BCUT2D eigenvalue weighted by molar-refractivity contribution is 6.04. The molecule has 4 N–H and O–H groups in total. The Bertz CT molecular complexity index is 1190. The van der Waals surface area contributed by atoms with Crippen LogP contribution >= 0.6 is 0 Å². The number of carbonyl (C=O) groups excluding carboxylic acids is 1. The molecule has 0 radical (unpaired) electrons. The Morgan fingerprint density at radius 3 is 2.62 bits per heavy atom. The fraction of sp³-hybridized carbons (Fsp3) is 0.423. The third-order valence-electron chi connectivity index (χ3n) is 6.64. The summed E-state index contributed by atoms with van der Waals surface area (Å²) in [4.78, 5) is 22.0. The largest absolute Gasteiger partial charge is 0.494 e. The summed E-state index contributed by atoms with van der Waals surface area (Å²) in [6.07, 6.45) is 3.81. The predicted octanol–water partition coefficient (Wildman–Crippen LogP) is 4.58. The van der Waals surface area contributed by atoms with Gasteiger partial charge >= 0.3 is 0 Å². The lowest BCUT2D eigenvalue weighted by atomic mass is 9.89. The molecular weight excluding hydrogens is 400 g/mol. The number of carbonyl (C=O) groups is 1. The third-order valence-corrected chi connectivity index (χ3v) is 6.64. The lowest BCUT2D eigenvalue weighted by Gasteiger charge is -2.18. The number of amides is 1. The molecule has 1 aliphatic carbocycles. The average Bonchev–Trinajstić information content (AvgIpc) is 3.27. The number of aromatic amines is 2. The molecule has 0 atom stereocenters. The summed E-state index contributed by atoms with van der Waals surface area (Å²) < 4.78 is 0. The van der Waals surface area contributed by atoms with Crippen LogP contribution in [0.15, 0.2) is 18.2 Å². The number of hydrogen-bond acceptors (Lipinski definition) is 3. The first-order valence-electron chi connectivity index (χ1n) is 11.6. The number of fused-ring (bicyclic) bond motifs is 2. The van der Waals surface area contributed by atoms with Gasteiger partial charge in [0.2, 0.25) is 0 Å². The van der Waals surface area contributed by atoms with Gasteiger partial charge in [-0.05, 0) is 63.9 Å². The summed E-state index contributed by atoms with van der Waals surface area (Å²) in [5, 5.41) is 14.9. The van der Waals surface area contributed by atoms with Gasteiger partial charge in [-0.3, -0.25) is 4.79 Å². The van der Waals surface area contributed by atoms with Gasteiger partial charge in [-0.15, -0.1) is 0 Å². The van der Waals surface area contributed by atoms with Crippen molar-refractivity contribution in [1.29, 1.82) is 0 Å². The summed E-state index contributed by atoms with van der Waals surface area (Å²) in [6.45, 7) is 13.8. The Labute approximate surface area is 189 Å². The standard InChI is InChI=1S/C26H34N4O2/c1-6-30(7-2)12-11-27-25(31)21-17(5)28-24-18(21)9-8-10-19(24)22-20-14-15(3)13-16(4)23(20)29-26(22)32/h10,13-14,28-29,32H,6-9,11-12H2,1-5H3,(H,27,31). The number of H-pyrrole nitrogens is 2. The second-order valence-corrected chi connectivity index (χ2v) is 8.77. The molecular formula is C26H34N4O2. The molecule has 0 saturated carbocycles. The maximum atomic E-state index is 13.1. The number of likely N-dealkylation sites (N-methyl/N-ethyl adjacent to an activating group) is 1. The molecule has 0 aliphatic heterocycles. The molecule has 0 spiro atoms. The van der Waals surface area contributed by atoms with Crippen LogP contribution in [0.1, 0.15) is 64.3 Å². The van der Waals surface area contributed by atoms with Gasteiger partial charge in [0.25, 0.3) is 5.91 Å². The topological polar surface area (TPSA) is 84.2 Å². The molecule has 0 bridgehead atoms. The second kappa shape index (κ2) is 8.87. The molecule has 0 unspecified atom stereocenters. The van der Waals surface area contributed by atoms with Gasteiger partial charge in [0.15, 0.2) is 5.88 Å². The van der Waals surface area contributed by atoms with Crippen molar-refractivity contribution in [3.63, 3.8) is 0 Å². The fourth-order valence-electron chi connectivity index (χ4n) is 5.02. The number of aromatic hydroxyl groups is 1. The van der Waals surface area contributed by atoms with E-state index in [0.29, 0.717) is 6.54 Å². The van der Waals surface area contributed by atoms with E-state index in [-0.39, 0.29) is 11.8 Å². The lowest BCUT2D eigenvalue weighted by Crippen LogP contribution is -2.35. The van der Waals surface area contributed by atoms with Crippen LogP contribution in [0, 0.1) is 20.8 Å². The third kappa shape index (κ3) is 3.84. The zero-order valence-electron chi connectivity index (χ0n) is 19.8. The summed E-state index contributed by atoms with van der Waals surface area (Å²) in [6, 6.07) is 4.22. The van der Waals surface area contributed by atoms with E-state index in [4.69, 9.17) is 0 Å². The molecule has 3 aromatic rings. The predicted molar refractivity (Wildman–Crippen MR) is 130 cm³/mol. The molecule has 6 heteroatoms. The Hall–Kier alpha value is -2.99.